The van der Waals surface area contributed by atoms with Gasteiger partial charge in [0, 0.05) is 23.0 Å². The van der Waals surface area contributed by atoms with Gasteiger partial charge in [0.25, 0.3) is 11.1 Å². The number of aromatic nitrogens is 4. The van der Waals surface area contributed by atoms with Crippen LogP contribution in [0.2, 0.25) is 5.15 Å². The molecule has 4 heterocycles. The van der Waals surface area contributed by atoms with Crippen LogP contribution >= 0.6 is 22.9 Å². The number of nitrogens with one attached hydrogen (secondary N) is 1. The number of carbonyl (C=O) groups is 1. The molecule has 9 nitrogen and oxygen atoms in total. The second-order valence-corrected chi connectivity index (χ2v) is 9.23. The van der Waals surface area contributed by atoms with Crippen LogP contribution in [0.15, 0.2) is 24.5 Å². The molecule has 11 heteroatoms. The maximum Gasteiger partial charge on any atom is 0.296 e. The summed E-state index contributed by atoms with van der Waals surface area (Å²) in [4.78, 5) is 21.4. The first kappa shape index (κ1) is 21.0. The number of halogens is 1. The topological polar surface area (TPSA) is 108 Å². The van der Waals surface area contributed by atoms with Gasteiger partial charge in [0.2, 0.25) is 5.13 Å². The first-order valence-electron chi connectivity index (χ1n) is 10.0. The molecule has 2 fully saturated rings. The quantitative estimate of drug-likeness (QED) is 0.539. The van der Waals surface area contributed by atoms with Gasteiger partial charge in [-0.3, -0.25) is 15.1 Å². The van der Waals surface area contributed by atoms with E-state index in [0.717, 1.165) is 31.7 Å². The fraction of sp³-hybridized carbons (Fsp3) is 0.381. The van der Waals surface area contributed by atoms with Gasteiger partial charge in [0.15, 0.2) is 0 Å². The molecule has 1 aliphatic heterocycles. The summed E-state index contributed by atoms with van der Waals surface area (Å²) < 4.78 is 16.7. The van der Waals surface area contributed by atoms with Crippen LogP contribution < -0.4 is 14.8 Å². The summed E-state index contributed by atoms with van der Waals surface area (Å²) in [6.45, 7) is 3.30. The van der Waals surface area contributed by atoms with Crippen molar-refractivity contribution in [2.24, 2.45) is 5.41 Å². The van der Waals surface area contributed by atoms with Crippen LogP contribution in [0.4, 0.5) is 5.13 Å². The largest absolute Gasteiger partial charge is 0.494 e. The number of amides is 1. The zero-order chi connectivity index (χ0) is 22.3. The molecule has 0 bridgehead atoms. The number of rotatable bonds is 6. The number of ether oxygens (including phenoxy) is 3. The standard InChI is InChI=1S/C21H20ClN5O4S/c1-11-5-12(13-6-17(22)24-8-15(13)29-2)14(7-23-11)18(28)25-19-26-27-20(32-19)31-16-3-4-21(16)9-30-10-21/h5-8,16H,3-4,9-10H2,1-2H3,(H,25,26,28). The number of hydrogen-bond donors (Lipinski definition) is 1. The van der Waals surface area contributed by atoms with Crippen LogP contribution in [0, 0.1) is 12.3 Å². The van der Waals surface area contributed by atoms with Crippen molar-refractivity contribution in [3.05, 3.63) is 40.9 Å². The van der Waals surface area contributed by atoms with Gasteiger partial charge in [0.05, 0.1) is 37.5 Å². The zero-order valence-corrected chi connectivity index (χ0v) is 19.0. The molecule has 1 N–H and O–H groups in total. The van der Waals surface area contributed by atoms with Crippen LogP contribution in [0.1, 0.15) is 28.9 Å². The molecule has 3 aromatic heterocycles. The number of aryl methyl sites for hydroxylation is 1. The van der Waals surface area contributed by atoms with Crippen molar-refractivity contribution in [2.45, 2.75) is 25.9 Å². The number of carbonyl (C=O) groups excluding carboxylic acids is 1. The van der Waals surface area contributed by atoms with E-state index in [1.54, 1.807) is 12.1 Å². The van der Waals surface area contributed by atoms with E-state index in [4.69, 9.17) is 25.8 Å². The first-order chi connectivity index (χ1) is 15.5. The number of methoxy groups -OCH3 is 1. The summed E-state index contributed by atoms with van der Waals surface area (Å²) in [5.74, 6) is 0.118. The lowest BCUT2D eigenvalue weighted by Gasteiger charge is -2.53. The Balaban J connectivity index is 1.37. The number of pyridine rings is 2. The second-order valence-electron chi connectivity index (χ2n) is 7.91. The van der Waals surface area contributed by atoms with Crippen molar-refractivity contribution < 1.29 is 19.0 Å². The van der Waals surface area contributed by atoms with Crippen molar-refractivity contribution >= 4 is 34.0 Å². The Morgan fingerprint density at radius 3 is 2.78 bits per heavy atom. The molecule has 32 heavy (non-hydrogen) atoms. The van der Waals surface area contributed by atoms with E-state index >= 15 is 0 Å². The Morgan fingerprint density at radius 1 is 1.25 bits per heavy atom. The lowest BCUT2D eigenvalue weighted by Crippen LogP contribution is -2.60. The molecule has 3 aromatic rings. The average Bonchev–Trinajstić information content (AvgIpc) is 3.17. The van der Waals surface area contributed by atoms with E-state index in [-0.39, 0.29) is 22.6 Å². The fourth-order valence-corrected chi connectivity index (χ4v) is 4.69. The summed E-state index contributed by atoms with van der Waals surface area (Å²) in [6.07, 6.45) is 5.19. The predicted molar refractivity (Wildman–Crippen MR) is 119 cm³/mol. The van der Waals surface area contributed by atoms with Crippen molar-refractivity contribution in [2.75, 3.05) is 25.6 Å². The molecule has 1 spiro atoms. The molecule has 0 aromatic carbocycles. The van der Waals surface area contributed by atoms with Gasteiger partial charge in [-0.2, -0.15) is 0 Å². The molecule has 1 atom stereocenters. The number of hydrogen-bond acceptors (Lipinski definition) is 9. The highest BCUT2D eigenvalue weighted by Crippen LogP contribution is 2.49. The van der Waals surface area contributed by atoms with Crippen molar-refractivity contribution in [1.82, 2.24) is 20.2 Å². The van der Waals surface area contributed by atoms with Crippen LogP contribution in [-0.2, 0) is 4.74 Å². The molecular weight excluding hydrogens is 454 g/mol. The van der Waals surface area contributed by atoms with Crippen LogP contribution in [0.5, 0.6) is 10.9 Å². The number of nitrogens with zero attached hydrogens (tertiary/aromatic N) is 4. The minimum Gasteiger partial charge on any atom is -0.494 e. The van der Waals surface area contributed by atoms with E-state index < -0.39 is 0 Å². The first-order valence-corrected chi connectivity index (χ1v) is 11.2. The molecule has 2 aliphatic rings. The van der Waals surface area contributed by atoms with E-state index in [1.165, 1.54) is 30.8 Å². The smallest absolute Gasteiger partial charge is 0.296 e. The SMILES string of the molecule is COc1cnc(Cl)cc1-c1cc(C)ncc1C(=O)Nc1nnc(OC2CCC23COC3)s1. The minimum atomic E-state index is -0.377. The summed E-state index contributed by atoms with van der Waals surface area (Å²) in [5.41, 5.74) is 2.48. The Morgan fingerprint density at radius 2 is 2.09 bits per heavy atom. The predicted octanol–water partition coefficient (Wildman–Crippen LogP) is 3.78. The summed E-state index contributed by atoms with van der Waals surface area (Å²) in [5, 5.41) is 12.0. The monoisotopic (exact) mass is 473 g/mol. The molecule has 1 aliphatic carbocycles. The van der Waals surface area contributed by atoms with Gasteiger partial charge in [-0.15, -0.1) is 5.10 Å². The van der Waals surface area contributed by atoms with Gasteiger partial charge < -0.3 is 14.2 Å². The van der Waals surface area contributed by atoms with E-state index in [1.807, 2.05) is 6.92 Å². The third-order valence-electron chi connectivity index (χ3n) is 5.87. The van der Waals surface area contributed by atoms with E-state index in [0.29, 0.717) is 32.8 Å². The van der Waals surface area contributed by atoms with Crippen molar-refractivity contribution in [3.8, 4) is 22.1 Å². The van der Waals surface area contributed by atoms with Crippen molar-refractivity contribution in [1.29, 1.82) is 0 Å². The summed E-state index contributed by atoms with van der Waals surface area (Å²) in [6, 6.07) is 3.45. The molecule has 1 saturated heterocycles. The van der Waals surface area contributed by atoms with Gasteiger partial charge in [-0.1, -0.05) is 16.7 Å². The Bertz CT molecular complexity index is 1180. The van der Waals surface area contributed by atoms with Gasteiger partial charge in [-0.25, -0.2) is 4.98 Å². The van der Waals surface area contributed by atoms with Crippen LogP contribution in [0.3, 0.4) is 0 Å². The Labute approximate surface area is 193 Å². The summed E-state index contributed by atoms with van der Waals surface area (Å²) >= 11 is 7.29. The third-order valence-corrected chi connectivity index (χ3v) is 6.80. The Hall–Kier alpha value is -2.82. The van der Waals surface area contributed by atoms with E-state index in [2.05, 4.69) is 25.5 Å². The lowest BCUT2D eigenvalue weighted by atomic mass is 9.64. The zero-order valence-electron chi connectivity index (χ0n) is 17.4. The maximum absolute atomic E-state index is 13.1. The Kier molecular flexibility index (Phi) is 5.44. The fourth-order valence-electron chi connectivity index (χ4n) is 3.90. The second kappa shape index (κ2) is 8.27. The molecule has 0 radical (unpaired) electrons. The van der Waals surface area contributed by atoms with Crippen LogP contribution in [0.25, 0.3) is 11.1 Å². The molecule has 1 unspecified atom stereocenters. The maximum atomic E-state index is 13.1. The van der Waals surface area contributed by atoms with Crippen LogP contribution in [-0.4, -0.2) is 52.5 Å². The highest BCUT2D eigenvalue weighted by Gasteiger charge is 2.54. The van der Waals surface area contributed by atoms with E-state index in [9.17, 15) is 4.79 Å². The third kappa shape index (κ3) is 3.78. The lowest BCUT2D eigenvalue weighted by molar-refractivity contribution is -0.213. The highest BCUT2D eigenvalue weighted by atomic mass is 35.5. The van der Waals surface area contributed by atoms with Gasteiger partial charge >= 0.3 is 0 Å². The summed E-state index contributed by atoms with van der Waals surface area (Å²) in [7, 11) is 1.53. The molecule has 166 valence electrons. The average molecular weight is 474 g/mol. The molecule has 1 saturated carbocycles. The molecular formula is C21H20ClN5O4S. The van der Waals surface area contributed by atoms with Gasteiger partial charge in [0.1, 0.15) is 17.0 Å². The normalized spacial score (nSPS) is 18.5. The van der Waals surface area contributed by atoms with Gasteiger partial charge in [-0.05, 0) is 43.2 Å². The van der Waals surface area contributed by atoms with Crippen molar-refractivity contribution in [3.63, 3.8) is 0 Å². The number of anilines is 1. The molecule has 5 rings (SSSR count). The minimum absolute atomic E-state index is 0.0876. The highest BCUT2D eigenvalue weighted by molar-refractivity contribution is 7.17. The molecule has 1 amide bonds.